The SMILES string of the molecule is O=C(COc1ccccc1)N1CCCC(COc2ccc(C(=O)N3CCCCC3)cc2)C1. The number of rotatable bonds is 7. The number of para-hydroxylation sites is 1. The van der Waals surface area contributed by atoms with Crippen LogP contribution in [0.2, 0.25) is 0 Å². The van der Waals surface area contributed by atoms with E-state index in [-0.39, 0.29) is 18.4 Å². The largest absolute Gasteiger partial charge is 0.493 e. The van der Waals surface area contributed by atoms with Crippen LogP contribution in [-0.2, 0) is 4.79 Å². The second kappa shape index (κ2) is 11.0. The van der Waals surface area contributed by atoms with Gasteiger partial charge in [0, 0.05) is 37.7 Å². The first-order valence-corrected chi connectivity index (χ1v) is 11.7. The first kappa shape index (κ1) is 22.2. The molecule has 0 N–H and O–H groups in total. The van der Waals surface area contributed by atoms with Crippen LogP contribution in [0.3, 0.4) is 0 Å². The summed E-state index contributed by atoms with van der Waals surface area (Å²) >= 11 is 0. The van der Waals surface area contributed by atoms with Crippen LogP contribution in [0.5, 0.6) is 11.5 Å². The molecule has 4 rings (SSSR count). The normalized spacial score (nSPS) is 18.8. The molecule has 2 aliphatic heterocycles. The Morgan fingerprint density at radius 1 is 0.781 bits per heavy atom. The van der Waals surface area contributed by atoms with Gasteiger partial charge in [-0.2, -0.15) is 0 Å². The van der Waals surface area contributed by atoms with Crippen molar-refractivity contribution in [2.24, 2.45) is 5.92 Å². The molecule has 2 aromatic carbocycles. The molecule has 2 saturated heterocycles. The monoisotopic (exact) mass is 436 g/mol. The predicted octanol–water partition coefficient (Wildman–Crippen LogP) is 4.01. The van der Waals surface area contributed by atoms with E-state index in [0.29, 0.717) is 30.4 Å². The highest BCUT2D eigenvalue weighted by atomic mass is 16.5. The lowest BCUT2D eigenvalue weighted by molar-refractivity contribution is -0.135. The van der Waals surface area contributed by atoms with Crippen LogP contribution in [0.15, 0.2) is 54.6 Å². The smallest absolute Gasteiger partial charge is 0.260 e. The van der Waals surface area contributed by atoms with Gasteiger partial charge in [-0.25, -0.2) is 0 Å². The summed E-state index contributed by atoms with van der Waals surface area (Å²) in [7, 11) is 0. The van der Waals surface area contributed by atoms with Gasteiger partial charge in [0.2, 0.25) is 0 Å². The number of hydrogen-bond acceptors (Lipinski definition) is 4. The summed E-state index contributed by atoms with van der Waals surface area (Å²) in [4.78, 5) is 29.0. The van der Waals surface area contributed by atoms with Gasteiger partial charge in [-0.15, -0.1) is 0 Å². The molecule has 6 nitrogen and oxygen atoms in total. The average Bonchev–Trinajstić information content (AvgIpc) is 2.87. The first-order valence-electron chi connectivity index (χ1n) is 11.7. The van der Waals surface area contributed by atoms with Crippen LogP contribution in [0.4, 0.5) is 0 Å². The van der Waals surface area contributed by atoms with E-state index < -0.39 is 0 Å². The van der Waals surface area contributed by atoms with Crippen LogP contribution in [-0.4, -0.2) is 61.0 Å². The van der Waals surface area contributed by atoms with Crippen molar-refractivity contribution < 1.29 is 19.1 Å². The average molecular weight is 437 g/mol. The van der Waals surface area contributed by atoms with Gasteiger partial charge >= 0.3 is 0 Å². The number of piperidine rings is 2. The molecule has 2 heterocycles. The van der Waals surface area contributed by atoms with Crippen LogP contribution in [0.25, 0.3) is 0 Å². The maximum Gasteiger partial charge on any atom is 0.260 e. The van der Waals surface area contributed by atoms with E-state index in [9.17, 15) is 9.59 Å². The minimum absolute atomic E-state index is 0.0131. The molecule has 32 heavy (non-hydrogen) atoms. The number of hydrogen-bond donors (Lipinski definition) is 0. The number of carbonyl (C=O) groups excluding carboxylic acids is 2. The molecule has 170 valence electrons. The third kappa shape index (κ3) is 6.02. The Morgan fingerprint density at radius 3 is 2.22 bits per heavy atom. The summed E-state index contributed by atoms with van der Waals surface area (Å²) in [5.41, 5.74) is 0.715. The topological polar surface area (TPSA) is 59.1 Å². The lowest BCUT2D eigenvalue weighted by atomic mass is 9.99. The van der Waals surface area contributed by atoms with Gasteiger partial charge in [-0.05, 0) is 68.5 Å². The van der Waals surface area contributed by atoms with Crippen LogP contribution in [0, 0.1) is 5.92 Å². The summed E-state index contributed by atoms with van der Waals surface area (Å²) < 4.78 is 11.6. The second-order valence-corrected chi connectivity index (χ2v) is 8.64. The van der Waals surface area contributed by atoms with Gasteiger partial charge < -0.3 is 19.3 Å². The van der Waals surface area contributed by atoms with Crippen molar-refractivity contribution in [3.8, 4) is 11.5 Å². The molecule has 1 unspecified atom stereocenters. The fourth-order valence-electron chi connectivity index (χ4n) is 4.37. The molecule has 0 aromatic heterocycles. The minimum Gasteiger partial charge on any atom is -0.493 e. The number of ether oxygens (including phenoxy) is 2. The predicted molar refractivity (Wildman–Crippen MR) is 123 cm³/mol. The van der Waals surface area contributed by atoms with Gasteiger partial charge in [0.05, 0.1) is 6.61 Å². The molecule has 0 radical (unpaired) electrons. The Bertz CT molecular complexity index is 878. The van der Waals surface area contributed by atoms with E-state index in [1.54, 1.807) is 0 Å². The third-order valence-electron chi connectivity index (χ3n) is 6.21. The number of amides is 2. The van der Waals surface area contributed by atoms with E-state index in [2.05, 4.69) is 0 Å². The lowest BCUT2D eigenvalue weighted by Crippen LogP contribution is -2.43. The Balaban J connectivity index is 1.22. The third-order valence-corrected chi connectivity index (χ3v) is 6.21. The highest BCUT2D eigenvalue weighted by molar-refractivity contribution is 5.94. The molecule has 0 saturated carbocycles. The van der Waals surface area contributed by atoms with Gasteiger partial charge in [-0.1, -0.05) is 18.2 Å². The molecule has 6 heteroatoms. The van der Waals surface area contributed by atoms with Crippen molar-refractivity contribution in [3.63, 3.8) is 0 Å². The molecule has 0 aliphatic carbocycles. The zero-order chi connectivity index (χ0) is 22.2. The van der Waals surface area contributed by atoms with Gasteiger partial charge in [0.25, 0.3) is 11.8 Å². The molecule has 0 bridgehead atoms. The zero-order valence-electron chi connectivity index (χ0n) is 18.6. The quantitative estimate of drug-likeness (QED) is 0.658. The van der Waals surface area contributed by atoms with Crippen molar-refractivity contribution in [3.05, 3.63) is 60.2 Å². The fourth-order valence-corrected chi connectivity index (χ4v) is 4.37. The Morgan fingerprint density at radius 2 is 1.47 bits per heavy atom. The molecule has 2 aromatic rings. The highest BCUT2D eigenvalue weighted by Gasteiger charge is 2.24. The van der Waals surface area contributed by atoms with E-state index in [1.807, 2.05) is 64.4 Å². The van der Waals surface area contributed by atoms with E-state index in [4.69, 9.17) is 9.47 Å². The molecular weight excluding hydrogens is 404 g/mol. The van der Waals surface area contributed by atoms with E-state index in [1.165, 1.54) is 6.42 Å². The summed E-state index contributed by atoms with van der Waals surface area (Å²) in [6.07, 6.45) is 5.39. The van der Waals surface area contributed by atoms with Gasteiger partial charge in [0.15, 0.2) is 6.61 Å². The summed E-state index contributed by atoms with van der Waals surface area (Å²) in [5, 5.41) is 0. The second-order valence-electron chi connectivity index (χ2n) is 8.64. The summed E-state index contributed by atoms with van der Waals surface area (Å²) in [6, 6.07) is 16.9. The van der Waals surface area contributed by atoms with Crippen LogP contribution in [0.1, 0.15) is 42.5 Å². The molecule has 2 aliphatic rings. The standard InChI is InChI=1S/C26H32N2O4/c29-25(20-32-23-9-3-1-4-10-23)28-17-7-8-21(18-28)19-31-24-13-11-22(12-14-24)26(30)27-15-5-2-6-16-27/h1,3-4,9-14,21H,2,5-8,15-20H2. The fraction of sp³-hybridized carbons (Fsp3) is 0.462. The Kier molecular flexibility index (Phi) is 7.64. The number of nitrogens with zero attached hydrogens (tertiary/aromatic N) is 2. The van der Waals surface area contributed by atoms with Crippen molar-refractivity contribution in [2.45, 2.75) is 32.1 Å². The molecule has 2 amide bonds. The van der Waals surface area contributed by atoms with Gasteiger partial charge in [-0.3, -0.25) is 9.59 Å². The number of benzene rings is 2. The Hall–Kier alpha value is -3.02. The zero-order valence-corrected chi connectivity index (χ0v) is 18.6. The summed E-state index contributed by atoms with van der Waals surface area (Å²) in [6.45, 7) is 3.77. The molecule has 0 spiro atoms. The maximum absolute atomic E-state index is 12.6. The molecular formula is C26H32N2O4. The first-order chi connectivity index (χ1) is 15.7. The number of carbonyl (C=O) groups is 2. The lowest BCUT2D eigenvalue weighted by Gasteiger charge is -2.32. The Labute approximate surface area is 190 Å². The number of likely N-dealkylation sites (tertiary alicyclic amines) is 2. The minimum atomic E-state index is 0.0131. The van der Waals surface area contributed by atoms with Crippen molar-refractivity contribution >= 4 is 11.8 Å². The van der Waals surface area contributed by atoms with Gasteiger partial charge in [0.1, 0.15) is 11.5 Å². The van der Waals surface area contributed by atoms with E-state index >= 15 is 0 Å². The van der Waals surface area contributed by atoms with Crippen LogP contribution < -0.4 is 9.47 Å². The van der Waals surface area contributed by atoms with Crippen molar-refractivity contribution in [1.82, 2.24) is 9.80 Å². The van der Waals surface area contributed by atoms with E-state index in [0.717, 1.165) is 51.1 Å². The highest BCUT2D eigenvalue weighted by Crippen LogP contribution is 2.21. The van der Waals surface area contributed by atoms with Crippen molar-refractivity contribution in [1.29, 1.82) is 0 Å². The van der Waals surface area contributed by atoms with Crippen molar-refractivity contribution in [2.75, 3.05) is 39.4 Å². The van der Waals surface area contributed by atoms with Crippen LogP contribution >= 0.6 is 0 Å². The summed E-state index contributed by atoms with van der Waals surface area (Å²) in [5.74, 6) is 1.88. The molecule has 2 fully saturated rings. The molecule has 1 atom stereocenters. The maximum atomic E-state index is 12.6.